The lowest BCUT2D eigenvalue weighted by Gasteiger charge is -2.18. The lowest BCUT2D eigenvalue weighted by atomic mass is 10.1. The van der Waals surface area contributed by atoms with Crippen molar-refractivity contribution < 1.29 is 5.11 Å². The summed E-state index contributed by atoms with van der Waals surface area (Å²) in [5.74, 6) is 0.751. The first-order valence-corrected chi connectivity index (χ1v) is 5.47. The Balaban J connectivity index is 3.40. The van der Waals surface area contributed by atoms with Crippen LogP contribution in [0.5, 0.6) is 0 Å². The number of hydrogen-bond donors (Lipinski definition) is 2. The van der Waals surface area contributed by atoms with Crippen molar-refractivity contribution in [2.24, 2.45) is 5.92 Å². The Hall–Kier alpha value is -0.0800. The molecule has 0 saturated heterocycles. The Morgan fingerprint density at radius 3 is 2.31 bits per heavy atom. The van der Waals surface area contributed by atoms with E-state index >= 15 is 0 Å². The molecule has 0 spiro atoms. The molecule has 0 aliphatic carbocycles. The molecule has 0 heterocycles. The largest absolute Gasteiger partial charge is 0.393 e. The molecular weight excluding hydrogens is 162 g/mol. The number of rotatable bonds is 7. The van der Waals surface area contributed by atoms with Gasteiger partial charge in [0.15, 0.2) is 0 Å². The van der Waals surface area contributed by atoms with Crippen LogP contribution in [-0.2, 0) is 0 Å². The molecular formula is C11H25NO. The minimum Gasteiger partial charge on any atom is -0.393 e. The smallest absolute Gasteiger partial charge is 0.0526 e. The average Bonchev–Trinajstić information content (AvgIpc) is 2.00. The van der Waals surface area contributed by atoms with Crippen molar-refractivity contribution in [2.75, 3.05) is 6.54 Å². The van der Waals surface area contributed by atoms with E-state index in [1.54, 1.807) is 0 Å². The summed E-state index contributed by atoms with van der Waals surface area (Å²) in [4.78, 5) is 0. The van der Waals surface area contributed by atoms with Gasteiger partial charge in [-0.05, 0) is 39.2 Å². The molecule has 0 aliphatic rings. The molecule has 0 radical (unpaired) electrons. The molecule has 13 heavy (non-hydrogen) atoms. The normalized spacial score (nSPS) is 18.2. The minimum atomic E-state index is -0.191. The Morgan fingerprint density at radius 1 is 1.23 bits per heavy atom. The van der Waals surface area contributed by atoms with Gasteiger partial charge in [-0.2, -0.15) is 0 Å². The fourth-order valence-corrected chi connectivity index (χ4v) is 1.59. The number of hydrogen-bond acceptors (Lipinski definition) is 2. The zero-order chi connectivity index (χ0) is 10.3. The zero-order valence-corrected chi connectivity index (χ0v) is 9.51. The van der Waals surface area contributed by atoms with E-state index in [0.717, 1.165) is 18.9 Å². The highest BCUT2D eigenvalue weighted by Crippen LogP contribution is 2.04. The third-order valence-electron chi connectivity index (χ3n) is 2.29. The first-order chi connectivity index (χ1) is 6.06. The molecule has 3 unspecified atom stereocenters. The summed E-state index contributed by atoms with van der Waals surface area (Å²) < 4.78 is 0. The molecule has 2 heteroatoms. The van der Waals surface area contributed by atoms with Crippen LogP contribution in [0.4, 0.5) is 0 Å². The van der Waals surface area contributed by atoms with Gasteiger partial charge in [-0.1, -0.05) is 20.3 Å². The minimum absolute atomic E-state index is 0.191. The molecule has 80 valence electrons. The molecule has 2 N–H and O–H groups in total. The highest BCUT2D eigenvalue weighted by Gasteiger charge is 2.07. The van der Waals surface area contributed by atoms with Gasteiger partial charge in [-0.25, -0.2) is 0 Å². The van der Waals surface area contributed by atoms with E-state index in [1.165, 1.54) is 12.8 Å². The lowest BCUT2D eigenvalue weighted by molar-refractivity contribution is 0.169. The SMILES string of the molecule is CCCC(C)CNC(C)CC(C)O. The first-order valence-electron chi connectivity index (χ1n) is 5.47. The Bertz CT molecular complexity index is 115. The van der Waals surface area contributed by atoms with E-state index in [-0.39, 0.29) is 6.10 Å². The van der Waals surface area contributed by atoms with Crippen LogP contribution in [0.3, 0.4) is 0 Å². The standard InChI is InChI=1S/C11H25NO/c1-5-6-9(2)8-12-10(3)7-11(4)13/h9-13H,5-8H2,1-4H3. The average molecular weight is 187 g/mol. The van der Waals surface area contributed by atoms with Gasteiger partial charge in [0, 0.05) is 6.04 Å². The molecule has 0 bridgehead atoms. The molecule has 0 aromatic rings. The van der Waals surface area contributed by atoms with Crippen molar-refractivity contribution in [1.82, 2.24) is 5.32 Å². The van der Waals surface area contributed by atoms with Crippen LogP contribution in [0.2, 0.25) is 0 Å². The zero-order valence-electron chi connectivity index (χ0n) is 9.51. The van der Waals surface area contributed by atoms with Crippen LogP contribution < -0.4 is 5.32 Å². The lowest BCUT2D eigenvalue weighted by Crippen LogP contribution is -2.32. The van der Waals surface area contributed by atoms with Crippen molar-refractivity contribution >= 4 is 0 Å². The fourth-order valence-electron chi connectivity index (χ4n) is 1.59. The molecule has 0 amide bonds. The van der Waals surface area contributed by atoms with Crippen LogP contribution in [0.1, 0.15) is 47.0 Å². The Morgan fingerprint density at radius 2 is 1.85 bits per heavy atom. The van der Waals surface area contributed by atoms with E-state index < -0.39 is 0 Å². The van der Waals surface area contributed by atoms with Crippen LogP contribution in [0.15, 0.2) is 0 Å². The van der Waals surface area contributed by atoms with Crippen molar-refractivity contribution in [1.29, 1.82) is 0 Å². The van der Waals surface area contributed by atoms with Crippen LogP contribution >= 0.6 is 0 Å². The van der Waals surface area contributed by atoms with Crippen LogP contribution in [0.25, 0.3) is 0 Å². The summed E-state index contributed by atoms with van der Waals surface area (Å²) in [6.07, 6.45) is 3.20. The number of nitrogens with one attached hydrogen (secondary N) is 1. The monoisotopic (exact) mass is 187 g/mol. The van der Waals surface area contributed by atoms with Gasteiger partial charge in [0.2, 0.25) is 0 Å². The molecule has 0 aromatic heterocycles. The van der Waals surface area contributed by atoms with E-state index in [0.29, 0.717) is 6.04 Å². The summed E-state index contributed by atoms with van der Waals surface area (Å²) in [5.41, 5.74) is 0. The Kier molecular flexibility index (Phi) is 7.29. The van der Waals surface area contributed by atoms with Gasteiger partial charge in [-0.3, -0.25) is 0 Å². The summed E-state index contributed by atoms with van der Waals surface area (Å²) in [7, 11) is 0. The first kappa shape index (κ1) is 12.9. The summed E-state index contributed by atoms with van der Waals surface area (Å²) in [6, 6.07) is 0.430. The van der Waals surface area contributed by atoms with Crippen LogP contribution in [0, 0.1) is 5.92 Å². The second-order valence-corrected chi connectivity index (χ2v) is 4.29. The van der Waals surface area contributed by atoms with Crippen molar-refractivity contribution in [3.05, 3.63) is 0 Å². The topological polar surface area (TPSA) is 32.3 Å². The summed E-state index contributed by atoms with van der Waals surface area (Å²) >= 11 is 0. The van der Waals surface area contributed by atoms with Gasteiger partial charge in [0.1, 0.15) is 0 Å². The second-order valence-electron chi connectivity index (χ2n) is 4.29. The van der Waals surface area contributed by atoms with E-state index in [2.05, 4.69) is 26.1 Å². The molecule has 3 atom stereocenters. The third-order valence-corrected chi connectivity index (χ3v) is 2.29. The van der Waals surface area contributed by atoms with E-state index in [9.17, 15) is 0 Å². The van der Waals surface area contributed by atoms with Gasteiger partial charge >= 0.3 is 0 Å². The van der Waals surface area contributed by atoms with E-state index in [1.807, 2.05) is 6.92 Å². The maximum absolute atomic E-state index is 9.15. The molecule has 0 rings (SSSR count). The molecule has 0 saturated carbocycles. The molecule has 0 fully saturated rings. The highest BCUT2D eigenvalue weighted by atomic mass is 16.3. The van der Waals surface area contributed by atoms with Gasteiger partial charge in [0.05, 0.1) is 6.10 Å². The molecule has 2 nitrogen and oxygen atoms in total. The fraction of sp³-hybridized carbons (Fsp3) is 1.00. The Labute approximate surface area is 82.7 Å². The third kappa shape index (κ3) is 8.26. The quantitative estimate of drug-likeness (QED) is 0.640. The number of aliphatic hydroxyl groups excluding tert-OH is 1. The van der Waals surface area contributed by atoms with E-state index in [4.69, 9.17) is 5.11 Å². The van der Waals surface area contributed by atoms with Crippen LogP contribution in [-0.4, -0.2) is 23.8 Å². The maximum atomic E-state index is 9.15. The van der Waals surface area contributed by atoms with Crippen molar-refractivity contribution in [2.45, 2.75) is 59.1 Å². The van der Waals surface area contributed by atoms with Gasteiger partial charge in [-0.15, -0.1) is 0 Å². The number of aliphatic hydroxyl groups is 1. The predicted molar refractivity (Wildman–Crippen MR) is 57.8 cm³/mol. The predicted octanol–water partition coefficient (Wildman–Crippen LogP) is 2.17. The summed E-state index contributed by atoms with van der Waals surface area (Å²) in [5, 5.41) is 12.6. The van der Waals surface area contributed by atoms with Crippen molar-refractivity contribution in [3.63, 3.8) is 0 Å². The maximum Gasteiger partial charge on any atom is 0.0526 e. The highest BCUT2D eigenvalue weighted by molar-refractivity contribution is 4.65. The van der Waals surface area contributed by atoms with Gasteiger partial charge in [0.25, 0.3) is 0 Å². The molecule has 0 aliphatic heterocycles. The second kappa shape index (κ2) is 7.34. The summed E-state index contributed by atoms with van der Waals surface area (Å²) in [6.45, 7) is 9.53. The van der Waals surface area contributed by atoms with Crippen molar-refractivity contribution in [3.8, 4) is 0 Å². The molecule has 0 aromatic carbocycles. The van der Waals surface area contributed by atoms with Gasteiger partial charge < -0.3 is 10.4 Å².